The summed E-state index contributed by atoms with van der Waals surface area (Å²) in [5.74, 6) is -0.972. The number of halogens is 1. The number of carbonyl (C=O) groups excluding carboxylic acids is 2. The van der Waals surface area contributed by atoms with E-state index in [4.69, 9.17) is 9.15 Å². The van der Waals surface area contributed by atoms with E-state index in [0.717, 1.165) is 18.7 Å². The number of nitrogens with zero attached hydrogens (tertiary/aromatic N) is 1. The van der Waals surface area contributed by atoms with Gasteiger partial charge >= 0.3 is 0 Å². The predicted octanol–water partition coefficient (Wildman–Crippen LogP) is 1.34. The zero-order chi connectivity index (χ0) is 19.1. The molecule has 0 bridgehead atoms. The van der Waals surface area contributed by atoms with E-state index in [1.807, 2.05) is 0 Å². The molecule has 0 saturated carbocycles. The largest absolute Gasteiger partial charge is 0.472 e. The fourth-order valence-corrected chi connectivity index (χ4v) is 2.96. The van der Waals surface area contributed by atoms with Crippen LogP contribution >= 0.6 is 0 Å². The van der Waals surface area contributed by atoms with Crippen LogP contribution in [0.25, 0.3) is 0 Å². The summed E-state index contributed by atoms with van der Waals surface area (Å²) in [7, 11) is 0. The van der Waals surface area contributed by atoms with Crippen LogP contribution < -0.4 is 10.6 Å². The molecule has 7 nitrogen and oxygen atoms in total. The van der Waals surface area contributed by atoms with Crippen molar-refractivity contribution in [3.05, 3.63) is 59.8 Å². The van der Waals surface area contributed by atoms with Crippen molar-refractivity contribution in [2.75, 3.05) is 39.4 Å². The van der Waals surface area contributed by atoms with E-state index >= 15 is 0 Å². The lowest BCUT2D eigenvalue weighted by Crippen LogP contribution is -2.45. The van der Waals surface area contributed by atoms with E-state index in [2.05, 4.69) is 15.5 Å². The lowest BCUT2D eigenvalue weighted by atomic mass is 10.0. The van der Waals surface area contributed by atoms with Gasteiger partial charge in [-0.2, -0.15) is 0 Å². The second-order valence-electron chi connectivity index (χ2n) is 6.21. The first-order chi connectivity index (χ1) is 13.1. The lowest BCUT2D eigenvalue weighted by Gasteiger charge is -2.35. The SMILES string of the molecule is O=C(CNC(=O)c1ccoc1)NCC(c1ccc(F)cc1)N1CCOCC1. The van der Waals surface area contributed by atoms with Gasteiger partial charge < -0.3 is 19.8 Å². The molecule has 1 saturated heterocycles. The molecule has 2 N–H and O–H groups in total. The van der Waals surface area contributed by atoms with Crippen molar-refractivity contribution in [2.45, 2.75) is 6.04 Å². The molecular formula is C19H22FN3O4. The van der Waals surface area contributed by atoms with Crippen LogP contribution in [0.1, 0.15) is 22.0 Å². The Kier molecular flexibility index (Phi) is 6.56. The number of hydrogen-bond acceptors (Lipinski definition) is 5. The summed E-state index contributed by atoms with van der Waals surface area (Å²) in [6.07, 6.45) is 2.71. The molecule has 3 rings (SSSR count). The molecule has 1 aromatic heterocycles. The van der Waals surface area contributed by atoms with Crippen LogP contribution in [0.3, 0.4) is 0 Å². The third kappa shape index (κ3) is 5.38. The number of furan rings is 1. The van der Waals surface area contributed by atoms with E-state index < -0.39 is 0 Å². The molecule has 0 spiro atoms. The minimum Gasteiger partial charge on any atom is -0.472 e. The first-order valence-corrected chi connectivity index (χ1v) is 8.78. The molecule has 2 amide bonds. The van der Waals surface area contributed by atoms with Crippen molar-refractivity contribution in [1.29, 1.82) is 0 Å². The molecule has 1 aliphatic heterocycles. The predicted molar refractivity (Wildman–Crippen MR) is 95.6 cm³/mol. The van der Waals surface area contributed by atoms with E-state index in [1.54, 1.807) is 12.1 Å². The van der Waals surface area contributed by atoms with Crippen molar-refractivity contribution in [3.63, 3.8) is 0 Å². The molecule has 1 atom stereocenters. The van der Waals surface area contributed by atoms with Crippen LogP contribution in [-0.2, 0) is 9.53 Å². The molecule has 8 heteroatoms. The highest BCUT2D eigenvalue weighted by molar-refractivity contribution is 5.96. The Bertz CT molecular complexity index is 743. The standard InChI is InChI=1S/C19H22FN3O4/c20-16-3-1-14(2-4-16)17(23-6-9-26-10-7-23)11-21-18(24)12-22-19(25)15-5-8-27-13-15/h1-5,8,13,17H,6-7,9-12H2,(H,21,24)(H,22,25). The third-order valence-electron chi connectivity index (χ3n) is 4.43. The van der Waals surface area contributed by atoms with Crippen molar-refractivity contribution in [2.24, 2.45) is 0 Å². The molecule has 2 aromatic rings. The summed E-state index contributed by atoms with van der Waals surface area (Å²) in [6, 6.07) is 7.70. The highest BCUT2D eigenvalue weighted by Crippen LogP contribution is 2.21. The van der Waals surface area contributed by atoms with E-state index in [1.165, 1.54) is 30.7 Å². The quantitative estimate of drug-likeness (QED) is 0.763. The van der Waals surface area contributed by atoms with Crippen molar-refractivity contribution in [3.8, 4) is 0 Å². The number of rotatable bonds is 7. The summed E-state index contributed by atoms with van der Waals surface area (Å²) in [4.78, 5) is 26.2. The number of benzene rings is 1. The van der Waals surface area contributed by atoms with Crippen LogP contribution in [0.2, 0.25) is 0 Å². The molecule has 27 heavy (non-hydrogen) atoms. The highest BCUT2D eigenvalue weighted by Gasteiger charge is 2.23. The van der Waals surface area contributed by atoms with Gasteiger partial charge in [0.25, 0.3) is 5.91 Å². The maximum atomic E-state index is 13.2. The Morgan fingerprint density at radius 2 is 1.85 bits per heavy atom. The van der Waals surface area contributed by atoms with Gasteiger partial charge in [0.2, 0.25) is 5.91 Å². The normalized spacial score (nSPS) is 15.9. The van der Waals surface area contributed by atoms with E-state index in [9.17, 15) is 14.0 Å². The summed E-state index contributed by atoms with van der Waals surface area (Å²) in [5, 5.41) is 5.38. The number of ether oxygens (including phenoxy) is 1. The maximum absolute atomic E-state index is 13.2. The Balaban J connectivity index is 1.56. The maximum Gasteiger partial charge on any atom is 0.254 e. The summed E-state index contributed by atoms with van der Waals surface area (Å²) >= 11 is 0. The Labute approximate surface area is 156 Å². The average molecular weight is 375 g/mol. The van der Waals surface area contributed by atoms with Crippen LogP contribution in [0.5, 0.6) is 0 Å². The smallest absolute Gasteiger partial charge is 0.254 e. The summed E-state index contributed by atoms with van der Waals surface area (Å²) in [6.45, 7) is 2.92. The highest BCUT2D eigenvalue weighted by atomic mass is 19.1. The lowest BCUT2D eigenvalue weighted by molar-refractivity contribution is -0.120. The van der Waals surface area contributed by atoms with Crippen LogP contribution in [0.15, 0.2) is 47.3 Å². The van der Waals surface area contributed by atoms with Gasteiger partial charge in [0.15, 0.2) is 0 Å². The Morgan fingerprint density at radius 1 is 1.11 bits per heavy atom. The fraction of sp³-hybridized carbons (Fsp3) is 0.368. The number of amides is 2. The fourth-order valence-electron chi connectivity index (χ4n) is 2.96. The molecular weight excluding hydrogens is 353 g/mol. The van der Waals surface area contributed by atoms with E-state index in [0.29, 0.717) is 25.3 Å². The number of carbonyl (C=O) groups is 2. The first kappa shape index (κ1) is 19.1. The summed E-state index contributed by atoms with van der Waals surface area (Å²) in [5.41, 5.74) is 1.28. The topological polar surface area (TPSA) is 83.8 Å². The number of morpholine rings is 1. The van der Waals surface area contributed by atoms with Crippen LogP contribution in [0.4, 0.5) is 4.39 Å². The monoisotopic (exact) mass is 375 g/mol. The van der Waals surface area contributed by atoms with Gasteiger partial charge in [0.05, 0.1) is 37.6 Å². The third-order valence-corrected chi connectivity index (χ3v) is 4.43. The molecule has 1 fully saturated rings. The van der Waals surface area contributed by atoms with Gasteiger partial charge in [-0.1, -0.05) is 12.1 Å². The van der Waals surface area contributed by atoms with Gasteiger partial charge in [-0.25, -0.2) is 4.39 Å². The molecule has 1 aliphatic rings. The first-order valence-electron chi connectivity index (χ1n) is 8.78. The summed E-state index contributed by atoms with van der Waals surface area (Å²) < 4.78 is 23.5. The zero-order valence-electron chi connectivity index (χ0n) is 14.8. The molecule has 1 unspecified atom stereocenters. The van der Waals surface area contributed by atoms with Gasteiger partial charge in [0.1, 0.15) is 12.1 Å². The molecule has 1 aromatic carbocycles. The number of nitrogens with one attached hydrogen (secondary N) is 2. The minimum atomic E-state index is -0.373. The minimum absolute atomic E-state index is 0.0944. The Hall–Kier alpha value is -2.71. The molecule has 0 radical (unpaired) electrons. The van der Waals surface area contributed by atoms with E-state index in [-0.39, 0.29) is 30.2 Å². The van der Waals surface area contributed by atoms with Crippen molar-refractivity contribution in [1.82, 2.24) is 15.5 Å². The van der Waals surface area contributed by atoms with Gasteiger partial charge in [-0.15, -0.1) is 0 Å². The average Bonchev–Trinajstić information content (AvgIpc) is 3.23. The van der Waals surface area contributed by atoms with Crippen molar-refractivity contribution < 1.29 is 23.1 Å². The Morgan fingerprint density at radius 3 is 2.52 bits per heavy atom. The van der Waals surface area contributed by atoms with Gasteiger partial charge in [-0.05, 0) is 23.8 Å². The van der Waals surface area contributed by atoms with Gasteiger partial charge in [0, 0.05) is 19.6 Å². The zero-order valence-corrected chi connectivity index (χ0v) is 14.8. The second-order valence-corrected chi connectivity index (χ2v) is 6.21. The molecule has 144 valence electrons. The molecule has 2 heterocycles. The second kappa shape index (κ2) is 9.29. The van der Waals surface area contributed by atoms with Crippen LogP contribution in [-0.4, -0.2) is 56.1 Å². The van der Waals surface area contributed by atoms with Crippen molar-refractivity contribution >= 4 is 11.8 Å². The molecule has 0 aliphatic carbocycles. The number of hydrogen-bond donors (Lipinski definition) is 2. The van der Waals surface area contributed by atoms with Gasteiger partial charge in [-0.3, -0.25) is 14.5 Å². The van der Waals surface area contributed by atoms with Crippen LogP contribution in [0, 0.1) is 5.82 Å².